The maximum absolute atomic E-state index is 5.73. The SMILES string of the molecule is COc1cc2c(cc1CN)C(C)(C)CC2. The fraction of sp³-hybridized carbons (Fsp3) is 0.538. The molecule has 0 radical (unpaired) electrons. The first-order chi connectivity index (χ1) is 7.08. The van der Waals surface area contributed by atoms with E-state index in [0.29, 0.717) is 12.0 Å². The van der Waals surface area contributed by atoms with Crippen LogP contribution in [0, 0.1) is 0 Å². The summed E-state index contributed by atoms with van der Waals surface area (Å²) in [5.41, 5.74) is 10.0. The lowest BCUT2D eigenvalue weighted by molar-refractivity contribution is 0.409. The Hall–Kier alpha value is -1.02. The summed E-state index contributed by atoms with van der Waals surface area (Å²) in [6, 6.07) is 4.38. The van der Waals surface area contributed by atoms with Crippen LogP contribution in [0.4, 0.5) is 0 Å². The number of benzene rings is 1. The molecule has 1 aliphatic rings. The van der Waals surface area contributed by atoms with E-state index in [9.17, 15) is 0 Å². The fourth-order valence-electron chi connectivity index (χ4n) is 2.43. The third kappa shape index (κ3) is 1.63. The zero-order valence-electron chi connectivity index (χ0n) is 9.76. The van der Waals surface area contributed by atoms with Crippen LogP contribution in [0.25, 0.3) is 0 Å². The number of hydrogen-bond donors (Lipinski definition) is 1. The van der Waals surface area contributed by atoms with Crippen molar-refractivity contribution in [3.8, 4) is 5.75 Å². The molecule has 0 unspecified atom stereocenters. The summed E-state index contributed by atoms with van der Waals surface area (Å²) >= 11 is 0. The fourth-order valence-corrected chi connectivity index (χ4v) is 2.43. The highest BCUT2D eigenvalue weighted by atomic mass is 16.5. The minimum absolute atomic E-state index is 0.297. The van der Waals surface area contributed by atoms with Crippen molar-refractivity contribution in [2.75, 3.05) is 7.11 Å². The van der Waals surface area contributed by atoms with Crippen LogP contribution in [0.3, 0.4) is 0 Å². The topological polar surface area (TPSA) is 35.2 Å². The zero-order chi connectivity index (χ0) is 11.1. The first-order valence-electron chi connectivity index (χ1n) is 5.49. The van der Waals surface area contributed by atoms with Gasteiger partial charge in [0.15, 0.2) is 0 Å². The molecule has 0 aromatic heterocycles. The van der Waals surface area contributed by atoms with E-state index in [1.54, 1.807) is 7.11 Å². The lowest BCUT2D eigenvalue weighted by atomic mass is 9.86. The average molecular weight is 205 g/mol. The predicted octanol–water partition coefficient (Wildman–Crippen LogP) is 2.38. The van der Waals surface area contributed by atoms with E-state index < -0.39 is 0 Å². The number of ether oxygens (including phenoxy) is 1. The predicted molar refractivity (Wildman–Crippen MR) is 62.2 cm³/mol. The summed E-state index contributed by atoms with van der Waals surface area (Å²) in [6.45, 7) is 5.14. The molecule has 0 saturated carbocycles. The van der Waals surface area contributed by atoms with Crippen LogP contribution in [0.5, 0.6) is 5.75 Å². The molecule has 2 N–H and O–H groups in total. The third-order valence-corrected chi connectivity index (χ3v) is 3.47. The van der Waals surface area contributed by atoms with Gasteiger partial charge in [-0.25, -0.2) is 0 Å². The van der Waals surface area contributed by atoms with E-state index in [1.807, 2.05) is 0 Å². The molecule has 1 aromatic carbocycles. The first kappa shape index (κ1) is 10.5. The first-order valence-corrected chi connectivity index (χ1v) is 5.49. The molecular weight excluding hydrogens is 186 g/mol. The molecule has 82 valence electrons. The summed E-state index contributed by atoms with van der Waals surface area (Å²) in [4.78, 5) is 0. The van der Waals surface area contributed by atoms with E-state index in [2.05, 4.69) is 26.0 Å². The normalized spacial score (nSPS) is 17.6. The Bertz CT molecular complexity index is 382. The van der Waals surface area contributed by atoms with Crippen molar-refractivity contribution in [2.24, 2.45) is 5.73 Å². The summed E-state index contributed by atoms with van der Waals surface area (Å²) in [5.74, 6) is 0.939. The minimum atomic E-state index is 0.297. The molecule has 0 saturated heterocycles. The molecule has 0 bridgehead atoms. The Morgan fingerprint density at radius 2 is 2.13 bits per heavy atom. The van der Waals surface area contributed by atoms with E-state index in [1.165, 1.54) is 17.5 Å². The van der Waals surface area contributed by atoms with Gasteiger partial charge in [-0.3, -0.25) is 0 Å². The molecule has 2 rings (SSSR count). The molecule has 0 amide bonds. The van der Waals surface area contributed by atoms with E-state index in [-0.39, 0.29) is 0 Å². The maximum atomic E-state index is 5.73. The van der Waals surface area contributed by atoms with Crippen molar-refractivity contribution in [1.82, 2.24) is 0 Å². The molecule has 2 heteroatoms. The Labute approximate surface area is 91.4 Å². The third-order valence-electron chi connectivity index (χ3n) is 3.47. The van der Waals surface area contributed by atoms with Crippen LogP contribution >= 0.6 is 0 Å². The highest BCUT2D eigenvalue weighted by molar-refractivity contribution is 5.48. The number of methoxy groups -OCH3 is 1. The lowest BCUT2D eigenvalue weighted by Gasteiger charge is -2.20. The maximum Gasteiger partial charge on any atom is 0.123 e. The smallest absolute Gasteiger partial charge is 0.123 e. The van der Waals surface area contributed by atoms with Gasteiger partial charge in [-0.15, -0.1) is 0 Å². The molecule has 2 nitrogen and oxygen atoms in total. The average Bonchev–Trinajstić information content (AvgIpc) is 2.52. The molecule has 15 heavy (non-hydrogen) atoms. The van der Waals surface area contributed by atoms with E-state index >= 15 is 0 Å². The van der Waals surface area contributed by atoms with Gasteiger partial charge in [-0.2, -0.15) is 0 Å². The second-order valence-corrected chi connectivity index (χ2v) is 4.91. The second kappa shape index (κ2) is 3.53. The van der Waals surface area contributed by atoms with Gasteiger partial charge in [0, 0.05) is 12.1 Å². The Morgan fingerprint density at radius 3 is 2.73 bits per heavy atom. The van der Waals surface area contributed by atoms with Gasteiger partial charge in [-0.1, -0.05) is 19.9 Å². The van der Waals surface area contributed by atoms with Crippen LogP contribution in [-0.4, -0.2) is 7.11 Å². The lowest BCUT2D eigenvalue weighted by Crippen LogP contribution is -2.13. The van der Waals surface area contributed by atoms with E-state index in [0.717, 1.165) is 17.7 Å². The molecule has 1 aromatic rings. The highest BCUT2D eigenvalue weighted by Crippen LogP contribution is 2.41. The van der Waals surface area contributed by atoms with Crippen LogP contribution < -0.4 is 10.5 Å². The Balaban J connectivity index is 2.54. The number of nitrogens with two attached hydrogens (primary N) is 1. The van der Waals surface area contributed by atoms with Gasteiger partial charge in [0.1, 0.15) is 5.75 Å². The Kier molecular flexibility index (Phi) is 2.47. The van der Waals surface area contributed by atoms with Crippen molar-refractivity contribution < 1.29 is 4.74 Å². The number of aryl methyl sites for hydroxylation is 1. The van der Waals surface area contributed by atoms with Gasteiger partial charge in [0.05, 0.1) is 7.11 Å². The second-order valence-electron chi connectivity index (χ2n) is 4.91. The van der Waals surface area contributed by atoms with Crippen molar-refractivity contribution in [3.63, 3.8) is 0 Å². The summed E-state index contributed by atoms with van der Waals surface area (Å²) in [6.07, 6.45) is 2.38. The van der Waals surface area contributed by atoms with Crippen LogP contribution in [0.15, 0.2) is 12.1 Å². The van der Waals surface area contributed by atoms with Crippen molar-refractivity contribution in [1.29, 1.82) is 0 Å². The minimum Gasteiger partial charge on any atom is -0.496 e. The monoisotopic (exact) mass is 205 g/mol. The molecule has 0 spiro atoms. The molecule has 0 aliphatic heterocycles. The number of rotatable bonds is 2. The molecule has 0 heterocycles. The quantitative estimate of drug-likeness (QED) is 0.804. The van der Waals surface area contributed by atoms with Crippen molar-refractivity contribution in [3.05, 3.63) is 28.8 Å². The molecule has 0 atom stereocenters. The molecular formula is C13H19NO. The van der Waals surface area contributed by atoms with Crippen molar-refractivity contribution in [2.45, 2.75) is 38.6 Å². The standard InChI is InChI=1S/C13H19NO/c1-13(2)5-4-9-7-12(15-3)10(8-14)6-11(9)13/h6-7H,4-5,8,14H2,1-3H3. The molecule has 1 aliphatic carbocycles. The van der Waals surface area contributed by atoms with Crippen LogP contribution in [0.1, 0.15) is 37.0 Å². The molecule has 0 fully saturated rings. The van der Waals surface area contributed by atoms with Crippen LogP contribution in [-0.2, 0) is 18.4 Å². The summed E-state index contributed by atoms with van der Waals surface area (Å²) in [7, 11) is 1.71. The van der Waals surface area contributed by atoms with E-state index in [4.69, 9.17) is 10.5 Å². The largest absolute Gasteiger partial charge is 0.496 e. The highest BCUT2D eigenvalue weighted by Gasteiger charge is 2.30. The summed E-state index contributed by atoms with van der Waals surface area (Å²) < 4.78 is 5.35. The van der Waals surface area contributed by atoms with Gasteiger partial charge < -0.3 is 10.5 Å². The number of fused-ring (bicyclic) bond motifs is 1. The summed E-state index contributed by atoms with van der Waals surface area (Å²) in [5, 5.41) is 0. The van der Waals surface area contributed by atoms with Crippen molar-refractivity contribution >= 4 is 0 Å². The van der Waals surface area contributed by atoms with Gasteiger partial charge in [-0.05, 0) is 35.4 Å². The van der Waals surface area contributed by atoms with Gasteiger partial charge in [0.2, 0.25) is 0 Å². The Morgan fingerprint density at radius 1 is 1.40 bits per heavy atom. The van der Waals surface area contributed by atoms with Gasteiger partial charge >= 0.3 is 0 Å². The van der Waals surface area contributed by atoms with Gasteiger partial charge in [0.25, 0.3) is 0 Å². The number of hydrogen-bond acceptors (Lipinski definition) is 2. The van der Waals surface area contributed by atoms with Crippen LogP contribution in [0.2, 0.25) is 0 Å². The zero-order valence-corrected chi connectivity index (χ0v) is 9.76.